The highest BCUT2D eigenvalue weighted by molar-refractivity contribution is 5.70. The van der Waals surface area contributed by atoms with Crippen molar-refractivity contribution in [3.8, 4) is 11.5 Å². The topological polar surface area (TPSA) is 174 Å². The molecule has 0 aliphatic carbocycles. The first-order valence-corrected chi connectivity index (χ1v) is 8.78. The molecule has 0 amide bonds. The second-order valence-electron chi connectivity index (χ2n) is 6.11. The molecule has 0 saturated heterocycles. The number of non-ortho nitro benzene ring substituents is 2. The van der Waals surface area contributed by atoms with Gasteiger partial charge in [-0.3, -0.25) is 29.8 Å². The van der Waals surface area contributed by atoms with Crippen molar-refractivity contribution >= 4 is 29.5 Å². The van der Waals surface area contributed by atoms with Crippen LogP contribution >= 0.6 is 0 Å². The standard InChI is InChI=1S/C19H16N2O11/c1-11(22)29-9-13-7-15(20(25)26)3-5-17(13)31-19(24)32-18-6-4-16(21(27)28)8-14(18)10-30-12(2)23/h3-8H,9-10H2,1-2H3. The molecule has 168 valence electrons. The Hall–Kier alpha value is -4.55. The van der Waals surface area contributed by atoms with Crippen LogP contribution in [0.2, 0.25) is 0 Å². The summed E-state index contributed by atoms with van der Waals surface area (Å²) in [6, 6.07) is 6.49. The van der Waals surface area contributed by atoms with Crippen LogP contribution in [0.25, 0.3) is 0 Å². The second-order valence-corrected chi connectivity index (χ2v) is 6.11. The van der Waals surface area contributed by atoms with Gasteiger partial charge in [-0.1, -0.05) is 0 Å². The van der Waals surface area contributed by atoms with Gasteiger partial charge in [0.25, 0.3) is 11.4 Å². The third kappa shape index (κ3) is 6.76. The lowest BCUT2D eigenvalue weighted by atomic mass is 10.2. The van der Waals surface area contributed by atoms with Crippen molar-refractivity contribution in [1.29, 1.82) is 0 Å². The number of ether oxygens (including phenoxy) is 4. The molecule has 0 spiro atoms. The van der Waals surface area contributed by atoms with Crippen LogP contribution in [-0.2, 0) is 32.3 Å². The van der Waals surface area contributed by atoms with Crippen LogP contribution in [0, 0.1) is 20.2 Å². The Balaban J connectivity index is 2.26. The Morgan fingerprint density at radius 3 is 1.44 bits per heavy atom. The number of rotatable bonds is 8. The molecule has 2 aromatic rings. The fraction of sp³-hybridized carbons (Fsp3) is 0.211. The average molecular weight is 448 g/mol. The number of benzene rings is 2. The summed E-state index contributed by atoms with van der Waals surface area (Å²) < 4.78 is 19.7. The van der Waals surface area contributed by atoms with E-state index in [0.29, 0.717) is 0 Å². The molecule has 32 heavy (non-hydrogen) atoms. The molecule has 13 nitrogen and oxygen atoms in total. The van der Waals surface area contributed by atoms with Crippen molar-refractivity contribution < 1.29 is 43.2 Å². The summed E-state index contributed by atoms with van der Waals surface area (Å²) in [5.74, 6) is -1.67. The van der Waals surface area contributed by atoms with Crippen LogP contribution in [-0.4, -0.2) is 27.9 Å². The SMILES string of the molecule is CC(=O)OCc1cc([N+](=O)[O-])ccc1OC(=O)Oc1ccc([N+](=O)[O-])cc1COC(C)=O. The molecule has 0 unspecified atom stereocenters. The number of carbonyl (C=O) groups excluding carboxylic acids is 3. The third-order valence-electron chi connectivity index (χ3n) is 3.76. The first kappa shape index (κ1) is 23.7. The van der Waals surface area contributed by atoms with Gasteiger partial charge in [-0.2, -0.15) is 0 Å². The molecule has 2 rings (SSSR count). The highest BCUT2D eigenvalue weighted by Gasteiger charge is 2.20. The number of carbonyl (C=O) groups is 3. The van der Waals surface area contributed by atoms with Crippen molar-refractivity contribution in [2.45, 2.75) is 27.1 Å². The zero-order chi connectivity index (χ0) is 23.8. The van der Waals surface area contributed by atoms with Gasteiger partial charge in [0.2, 0.25) is 0 Å². The molecule has 0 fully saturated rings. The van der Waals surface area contributed by atoms with Crippen LogP contribution in [0.5, 0.6) is 11.5 Å². The quantitative estimate of drug-likeness (QED) is 0.251. The molecule has 2 aromatic carbocycles. The minimum absolute atomic E-state index is 0.0233. The summed E-state index contributed by atoms with van der Waals surface area (Å²) in [6.45, 7) is 1.44. The Bertz CT molecular complexity index is 997. The van der Waals surface area contributed by atoms with E-state index in [4.69, 9.17) is 18.9 Å². The largest absolute Gasteiger partial charge is 0.519 e. The lowest BCUT2D eigenvalue weighted by molar-refractivity contribution is -0.385. The first-order chi connectivity index (χ1) is 15.1. The molecule has 0 aliphatic heterocycles. The number of esters is 2. The summed E-state index contributed by atoms with van der Waals surface area (Å²) in [7, 11) is 0. The van der Waals surface area contributed by atoms with E-state index in [-0.39, 0.29) is 34.0 Å². The Morgan fingerprint density at radius 2 is 1.12 bits per heavy atom. The van der Waals surface area contributed by atoms with Gasteiger partial charge in [0, 0.05) is 49.2 Å². The molecular formula is C19H16N2O11. The normalized spacial score (nSPS) is 10.1. The first-order valence-electron chi connectivity index (χ1n) is 8.78. The zero-order valence-corrected chi connectivity index (χ0v) is 16.8. The van der Waals surface area contributed by atoms with Gasteiger partial charge in [0.15, 0.2) is 0 Å². The maximum absolute atomic E-state index is 12.3. The van der Waals surface area contributed by atoms with E-state index < -0.39 is 41.2 Å². The summed E-state index contributed by atoms with van der Waals surface area (Å²) >= 11 is 0. The molecule has 0 saturated carbocycles. The number of nitrogens with zero attached hydrogens (tertiary/aromatic N) is 2. The summed E-state index contributed by atoms with van der Waals surface area (Å²) in [4.78, 5) is 55.0. The number of nitro groups is 2. The zero-order valence-electron chi connectivity index (χ0n) is 16.8. The molecule has 0 radical (unpaired) electrons. The maximum atomic E-state index is 12.3. The Morgan fingerprint density at radius 1 is 0.750 bits per heavy atom. The van der Waals surface area contributed by atoms with E-state index in [1.54, 1.807) is 0 Å². The molecule has 0 aromatic heterocycles. The van der Waals surface area contributed by atoms with Gasteiger partial charge in [-0.15, -0.1) is 0 Å². The Labute approximate surface area is 179 Å². The smallest absolute Gasteiger partial charge is 0.461 e. The van der Waals surface area contributed by atoms with Crippen molar-refractivity contribution in [3.05, 3.63) is 67.8 Å². The molecule has 13 heteroatoms. The molecule has 0 heterocycles. The molecule has 0 atom stereocenters. The monoisotopic (exact) mass is 448 g/mol. The van der Waals surface area contributed by atoms with Crippen molar-refractivity contribution in [2.75, 3.05) is 0 Å². The minimum atomic E-state index is -1.29. The van der Waals surface area contributed by atoms with E-state index in [0.717, 1.165) is 50.2 Å². The predicted molar refractivity (Wildman–Crippen MR) is 104 cm³/mol. The molecular weight excluding hydrogens is 432 g/mol. The van der Waals surface area contributed by atoms with Crippen LogP contribution < -0.4 is 9.47 Å². The highest BCUT2D eigenvalue weighted by atomic mass is 16.7. The van der Waals surface area contributed by atoms with Gasteiger partial charge in [-0.05, 0) is 12.1 Å². The molecule has 0 N–H and O–H groups in total. The van der Waals surface area contributed by atoms with E-state index in [1.807, 2.05) is 0 Å². The molecule has 0 aliphatic rings. The minimum Gasteiger partial charge on any atom is -0.461 e. The lowest BCUT2D eigenvalue weighted by Crippen LogP contribution is -2.16. The van der Waals surface area contributed by atoms with Gasteiger partial charge in [0.1, 0.15) is 24.7 Å². The number of nitro benzene ring substituents is 2. The lowest BCUT2D eigenvalue weighted by Gasteiger charge is -2.12. The van der Waals surface area contributed by atoms with Gasteiger partial charge < -0.3 is 18.9 Å². The Kier molecular flexibility index (Phi) is 7.76. The predicted octanol–water partition coefficient (Wildman–Crippen LogP) is 3.21. The van der Waals surface area contributed by atoms with Crippen LogP contribution in [0.15, 0.2) is 36.4 Å². The van der Waals surface area contributed by atoms with Crippen molar-refractivity contribution in [2.24, 2.45) is 0 Å². The maximum Gasteiger partial charge on any atom is 0.519 e. The van der Waals surface area contributed by atoms with Gasteiger partial charge in [0.05, 0.1) is 9.85 Å². The number of hydrogen-bond acceptors (Lipinski definition) is 11. The highest BCUT2D eigenvalue weighted by Crippen LogP contribution is 2.28. The van der Waals surface area contributed by atoms with E-state index >= 15 is 0 Å². The fourth-order valence-corrected chi connectivity index (χ4v) is 2.34. The summed E-state index contributed by atoms with van der Waals surface area (Å²) in [5, 5.41) is 21.9. The second kappa shape index (κ2) is 10.5. The molecule has 0 bridgehead atoms. The van der Waals surface area contributed by atoms with Crippen LogP contribution in [0.3, 0.4) is 0 Å². The van der Waals surface area contributed by atoms with Gasteiger partial charge in [-0.25, -0.2) is 4.79 Å². The van der Waals surface area contributed by atoms with E-state index in [1.165, 1.54) is 0 Å². The van der Waals surface area contributed by atoms with Crippen molar-refractivity contribution in [1.82, 2.24) is 0 Å². The van der Waals surface area contributed by atoms with E-state index in [9.17, 15) is 34.6 Å². The van der Waals surface area contributed by atoms with Crippen molar-refractivity contribution in [3.63, 3.8) is 0 Å². The fourth-order valence-electron chi connectivity index (χ4n) is 2.34. The summed E-state index contributed by atoms with van der Waals surface area (Å²) in [6.07, 6.45) is -1.29. The van der Waals surface area contributed by atoms with Crippen LogP contribution in [0.1, 0.15) is 25.0 Å². The van der Waals surface area contributed by atoms with E-state index in [2.05, 4.69) is 0 Å². The van der Waals surface area contributed by atoms with Gasteiger partial charge >= 0.3 is 18.1 Å². The average Bonchev–Trinajstić information content (AvgIpc) is 2.71. The van der Waals surface area contributed by atoms with Crippen LogP contribution in [0.4, 0.5) is 16.2 Å². The summed E-state index contributed by atoms with van der Waals surface area (Å²) in [5.41, 5.74) is -0.607. The number of hydrogen-bond donors (Lipinski definition) is 0. The third-order valence-corrected chi connectivity index (χ3v) is 3.76.